The molecule has 2 aromatic rings. The molecule has 37 heavy (non-hydrogen) atoms. The molecule has 0 aliphatic carbocycles. The first-order valence-electron chi connectivity index (χ1n) is 12.5. The molecule has 196 valence electrons. The summed E-state index contributed by atoms with van der Waals surface area (Å²) in [6.45, 7) is 3.88. The van der Waals surface area contributed by atoms with Crippen LogP contribution in [0.1, 0.15) is 31.4 Å². The van der Waals surface area contributed by atoms with Gasteiger partial charge in [-0.25, -0.2) is 0 Å². The molecule has 2 aliphatic rings. The van der Waals surface area contributed by atoms with Crippen LogP contribution in [0.3, 0.4) is 0 Å². The first-order valence-corrected chi connectivity index (χ1v) is 12.5. The van der Waals surface area contributed by atoms with Crippen molar-refractivity contribution >= 4 is 23.4 Å². The summed E-state index contributed by atoms with van der Waals surface area (Å²) >= 11 is 0. The van der Waals surface area contributed by atoms with Crippen molar-refractivity contribution in [2.45, 2.75) is 44.9 Å². The number of nitrogens with zero attached hydrogens (tertiary/aromatic N) is 3. The van der Waals surface area contributed by atoms with Gasteiger partial charge in [-0.15, -0.1) is 0 Å². The Hall–Kier alpha value is -3.56. The lowest BCUT2D eigenvalue weighted by Gasteiger charge is -2.40. The Kier molecular flexibility index (Phi) is 7.75. The van der Waals surface area contributed by atoms with Crippen molar-refractivity contribution in [3.05, 3.63) is 71.8 Å². The van der Waals surface area contributed by atoms with Gasteiger partial charge in [0.15, 0.2) is 0 Å². The Labute approximate surface area is 217 Å². The number of ether oxygens (including phenoxy) is 1. The van der Waals surface area contributed by atoms with Crippen molar-refractivity contribution in [1.29, 1.82) is 0 Å². The van der Waals surface area contributed by atoms with E-state index in [1.54, 1.807) is 18.9 Å². The van der Waals surface area contributed by atoms with Crippen LogP contribution in [0.2, 0.25) is 0 Å². The SMILES string of the molecule is CN1C[C@@]2(Cc3ccccc3)C(=O)N(C(=O)[C@@H](COCc3ccccc3)NC(=O)C(C)(C)N)CCC2=N1. The van der Waals surface area contributed by atoms with Gasteiger partial charge in [-0.05, 0) is 31.4 Å². The summed E-state index contributed by atoms with van der Waals surface area (Å²) in [5, 5.41) is 9.10. The Morgan fingerprint density at radius 2 is 1.73 bits per heavy atom. The van der Waals surface area contributed by atoms with Crippen molar-refractivity contribution in [2.75, 3.05) is 26.7 Å². The van der Waals surface area contributed by atoms with Crippen molar-refractivity contribution < 1.29 is 19.1 Å². The zero-order valence-corrected chi connectivity index (χ0v) is 21.6. The summed E-state index contributed by atoms with van der Waals surface area (Å²) in [5.41, 5.74) is 6.56. The number of benzene rings is 2. The number of carbonyl (C=O) groups excluding carboxylic acids is 3. The third-order valence-corrected chi connectivity index (χ3v) is 6.77. The largest absolute Gasteiger partial charge is 0.374 e. The smallest absolute Gasteiger partial charge is 0.254 e. The highest BCUT2D eigenvalue weighted by Crippen LogP contribution is 2.38. The second-order valence-electron chi connectivity index (χ2n) is 10.4. The second-order valence-corrected chi connectivity index (χ2v) is 10.4. The van der Waals surface area contributed by atoms with Crippen molar-refractivity contribution in [1.82, 2.24) is 15.2 Å². The van der Waals surface area contributed by atoms with E-state index in [4.69, 9.17) is 10.5 Å². The zero-order valence-electron chi connectivity index (χ0n) is 21.6. The number of carbonyl (C=O) groups is 3. The lowest BCUT2D eigenvalue weighted by Crippen LogP contribution is -2.63. The molecule has 2 atom stereocenters. The van der Waals surface area contributed by atoms with Gasteiger partial charge in [0.05, 0.1) is 31.0 Å². The number of hydrazone groups is 1. The Bertz CT molecular complexity index is 1160. The molecule has 0 spiro atoms. The number of fused-ring (bicyclic) bond motifs is 1. The minimum atomic E-state index is -1.20. The zero-order chi connectivity index (χ0) is 26.6. The molecule has 0 aromatic heterocycles. The predicted octanol–water partition coefficient (Wildman–Crippen LogP) is 1.71. The van der Waals surface area contributed by atoms with Crippen LogP contribution in [0, 0.1) is 5.41 Å². The summed E-state index contributed by atoms with van der Waals surface area (Å²) in [5.74, 6) is -1.30. The average molecular weight is 506 g/mol. The first kappa shape index (κ1) is 26.5. The van der Waals surface area contributed by atoms with Crippen LogP contribution >= 0.6 is 0 Å². The van der Waals surface area contributed by atoms with Crippen LogP contribution in [0.4, 0.5) is 0 Å². The summed E-state index contributed by atoms with van der Waals surface area (Å²) in [7, 11) is 1.83. The third-order valence-electron chi connectivity index (χ3n) is 6.77. The Morgan fingerprint density at radius 3 is 2.35 bits per heavy atom. The molecule has 2 aromatic carbocycles. The number of likely N-dealkylation sites (tertiary alicyclic amines) is 1. The highest BCUT2D eigenvalue weighted by molar-refractivity contribution is 6.16. The molecule has 3 amide bonds. The van der Waals surface area contributed by atoms with E-state index >= 15 is 0 Å². The van der Waals surface area contributed by atoms with E-state index < -0.39 is 28.8 Å². The van der Waals surface area contributed by atoms with Crippen LogP contribution in [0.15, 0.2) is 65.8 Å². The van der Waals surface area contributed by atoms with Gasteiger partial charge >= 0.3 is 0 Å². The number of piperidine rings is 1. The second kappa shape index (κ2) is 10.8. The van der Waals surface area contributed by atoms with Crippen LogP contribution < -0.4 is 11.1 Å². The van der Waals surface area contributed by atoms with E-state index in [0.29, 0.717) is 19.4 Å². The fourth-order valence-electron chi connectivity index (χ4n) is 4.84. The van der Waals surface area contributed by atoms with Crippen LogP contribution in [0.5, 0.6) is 0 Å². The summed E-state index contributed by atoms with van der Waals surface area (Å²) in [6.07, 6.45) is 0.916. The molecule has 1 saturated heterocycles. The van der Waals surface area contributed by atoms with Crippen LogP contribution in [0.25, 0.3) is 0 Å². The highest BCUT2D eigenvalue weighted by Gasteiger charge is 2.54. The quantitative estimate of drug-likeness (QED) is 0.536. The topological polar surface area (TPSA) is 117 Å². The maximum Gasteiger partial charge on any atom is 0.254 e. The molecule has 0 radical (unpaired) electrons. The molecule has 2 heterocycles. The first-order chi connectivity index (χ1) is 17.6. The van der Waals surface area contributed by atoms with Crippen molar-refractivity contribution in [3.63, 3.8) is 0 Å². The van der Waals surface area contributed by atoms with Gasteiger partial charge in [0.1, 0.15) is 11.5 Å². The summed E-state index contributed by atoms with van der Waals surface area (Å²) < 4.78 is 5.82. The lowest BCUT2D eigenvalue weighted by molar-refractivity contribution is -0.153. The molecule has 0 unspecified atom stereocenters. The molecule has 0 bridgehead atoms. The molecule has 9 nitrogen and oxygen atoms in total. The number of nitrogens with two attached hydrogens (primary N) is 1. The monoisotopic (exact) mass is 505 g/mol. The van der Waals surface area contributed by atoms with Gasteiger partial charge < -0.3 is 15.8 Å². The highest BCUT2D eigenvalue weighted by atomic mass is 16.5. The van der Waals surface area contributed by atoms with E-state index in [1.165, 1.54) is 4.90 Å². The Morgan fingerprint density at radius 1 is 1.11 bits per heavy atom. The molecule has 9 heteroatoms. The van der Waals surface area contributed by atoms with Gasteiger partial charge in [-0.1, -0.05) is 60.7 Å². The van der Waals surface area contributed by atoms with E-state index in [9.17, 15) is 14.4 Å². The number of nitrogens with one attached hydrogen (secondary N) is 1. The summed E-state index contributed by atoms with van der Waals surface area (Å²) in [4.78, 5) is 41.8. The lowest BCUT2D eigenvalue weighted by atomic mass is 9.73. The summed E-state index contributed by atoms with van der Waals surface area (Å²) in [6, 6.07) is 18.2. The third kappa shape index (κ3) is 5.89. The van der Waals surface area contributed by atoms with E-state index in [2.05, 4.69) is 10.4 Å². The minimum absolute atomic E-state index is 0.0914. The van der Waals surface area contributed by atoms with Gasteiger partial charge in [0, 0.05) is 20.0 Å². The number of amides is 3. The molecule has 3 N–H and O–H groups in total. The average Bonchev–Trinajstić information content (AvgIpc) is 3.20. The number of imide groups is 1. The van der Waals surface area contributed by atoms with Gasteiger partial charge in [-0.2, -0.15) is 5.10 Å². The molecule has 1 fully saturated rings. The van der Waals surface area contributed by atoms with Crippen LogP contribution in [-0.4, -0.2) is 71.7 Å². The molecule has 2 aliphatic heterocycles. The van der Waals surface area contributed by atoms with Crippen molar-refractivity contribution in [2.24, 2.45) is 16.3 Å². The normalized spacial score (nSPS) is 20.3. The Balaban J connectivity index is 1.56. The van der Waals surface area contributed by atoms with Gasteiger partial charge in [0.2, 0.25) is 11.8 Å². The maximum atomic E-state index is 14.0. The molecular formula is C28H35N5O4. The number of rotatable bonds is 9. The number of hydrogen-bond donors (Lipinski definition) is 2. The molecule has 0 saturated carbocycles. The minimum Gasteiger partial charge on any atom is -0.374 e. The van der Waals surface area contributed by atoms with Crippen LogP contribution in [-0.2, 0) is 32.1 Å². The molecule has 4 rings (SSSR count). The predicted molar refractivity (Wildman–Crippen MR) is 140 cm³/mol. The van der Waals surface area contributed by atoms with Crippen molar-refractivity contribution in [3.8, 4) is 0 Å². The van der Waals surface area contributed by atoms with E-state index in [-0.39, 0.29) is 25.7 Å². The van der Waals surface area contributed by atoms with Gasteiger partial charge in [-0.3, -0.25) is 24.3 Å². The maximum absolute atomic E-state index is 14.0. The fourth-order valence-corrected chi connectivity index (χ4v) is 4.84. The van der Waals surface area contributed by atoms with E-state index in [0.717, 1.165) is 16.8 Å². The fraction of sp³-hybridized carbons (Fsp3) is 0.429. The van der Waals surface area contributed by atoms with Gasteiger partial charge in [0.25, 0.3) is 5.91 Å². The number of hydrogen-bond acceptors (Lipinski definition) is 7. The van der Waals surface area contributed by atoms with E-state index in [1.807, 2.05) is 67.7 Å². The molecular weight excluding hydrogens is 470 g/mol. The standard InChI is InChI=1S/C28H35N5O4/c1-27(2,29)25(35)30-22(18-37-17-21-12-8-5-9-13-21)24(34)33-15-14-23-28(26(33)36,19-32(3)31-23)16-20-10-6-4-7-11-20/h4-13,22H,14-19,29H2,1-3H3,(H,30,35)/t22-,28-/m1/s1.